The number of hydrogen-bond acceptors (Lipinski definition) is 4. The molecule has 3 rings (SSSR count). The van der Waals surface area contributed by atoms with Crippen molar-refractivity contribution < 1.29 is 4.52 Å². The van der Waals surface area contributed by atoms with Gasteiger partial charge in [0.15, 0.2) is 0 Å². The van der Waals surface area contributed by atoms with E-state index in [1.54, 1.807) is 18.2 Å². The van der Waals surface area contributed by atoms with Gasteiger partial charge < -0.3 is 4.52 Å². The van der Waals surface area contributed by atoms with E-state index < -0.39 is 0 Å². The normalized spacial score (nSPS) is 10.0. The van der Waals surface area contributed by atoms with E-state index >= 15 is 0 Å². The minimum absolute atomic E-state index is 0.388. The summed E-state index contributed by atoms with van der Waals surface area (Å²) in [6, 6.07) is 16.6. The highest BCUT2D eigenvalue weighted by Gasteiger charge is 2.10. The first-order chi connectivity index (χ1) is 9.86. The third-order valence-electron chi connectivity index (χ3n) is 2.71. The van der Waals surface area contributed by atoms with E-state index in [1.807, 2.05) is 36.4 Å². The van der Waals surface area contributed by atoms with Crippen molar-refractivity contribution in [1.29, 1.82) is 0 Å². The molecule has 0 aliphatic rings. The third-order valence-corrected chi connectivity index (χ3v) is 2.71. The summed E-state index contributed by atoms with van der Waals surface area (Å²) in [5, 5.41) is 7.50. The molecular weight excluding hydrogens is 254 g/mol. The SMILES string of the molecule is [N-]=[N+]=Nc1cccc(-c2nc(-c3ccccc3)no2)c1. The van der Waals surface area contributed by atoms with Crippen LogP contribution in [0.5, 0.6) is 0 Å². The summed E-state index contributed by atoms with van der Waals surface area (Å²) in [6.45, 7) is 0. The Morgan fingerprint density at radius 2 is 1.80 bits per heavy atom. The minimum atomic E-state index is 0.388. The Labute approximate surface area is 114 Å². The van der Waals surface area contributed by atoms with Crippen LogP contribution in [0.15, 0.2) is 64.2 Å². The lowest BCUT2D eigenvalue weighted by atomic mass is 10.2. The van der Waals surface area contributed by atoms with E-state index in [-0.39, 0.29) is 0 Å². The highest BCUT2D eigenvalue weighted by molar-refractivity contribution is 5.62. The van der Waals surface area contributed by atoms with Crippen molar-refractivity contribution in [2.24, 2.45) is 5.11 Å². The van der Waals surface area contributed by atoms with Gasteiger partial charge in [-0.3, -0.25) is 0 Å². The monoisotopic (exact) mass is 263 g/mol. The number of benzene rings is 2. The van der Waals surface area contributed by atoms with E-state index in [0.717, 1.165) is 5.56 Å². The van der Waals surface area contributed by atoms with Crippen molar-refractivity contribution in [2.45, 2.75) is 0 Å². The average Bonchev–Trinajstić information content (AvgIpc) is 2.99. The topological polar surface area (TPSA) is 87.7 Å². The van der Waals surface area contributed by atoms with Gasteiger partial charge in [0.1, 0.15) is 0 Å². The molecule has 96 valence electrons. The van der Waals surface area contributed by atoms with Crippen molar-refractivity contribution >= 4 is 5.69 Å². The van der Waals surface area contributed by atoms with Gasteiger partial charge in [-0.1, -0.05) is 52.7 Å². The van der Waals surface area contributed by atoms with Gasteiger partial charge in [-0.05, 0) is 17.7 Å². The molecule has 0 saturated heterocycles. The Hall–Kier alpha value is -3.11. The third kappa shape index (κ3) is 2.36. The summed E-state index contributed by atoms with van der Waals surface area (Å²) in [5.74, 6) is 0.911. The first-order valence-electron chi connectivity index (χ1n) is 5.91. The fourth-order valence-electron chi connectivity index (χ4n) is 1.80. The summed E-state index contributed by atoms with van der Waals surface area (Å²) in [7, 11) is 0. The lowest BCUT2D eigenvalue weighted by Gasteiger charge is -1.95. The molecule has 0 spiro atoms. The van der Waals surface area contributed by atoms with Crippen LogP contribution < -0.4 is 0 Å². The van der Waals surface area contributed by atoms with Crippen LogP contribution in [-0.2, 0) is 0 Å². The Balaban J connectivity index is 1.98. The van der Waals surface area contributed by atoms with Crippen LogP contribution in [0.4, 0.5) is 5.69 Å². The average molecular weight is 263 g/mol. The minimum Gasteiger partial charge on any atom is -0.334 e. The smallest absolute Gasteiger partial charge is 0.258 e. The molecule has 0 saturated carbocycles. The van der Waals surface area contributed by atoms with Gasteiger partial charge in [0.25, 0.3) is 5.89 Å². The lowest BCUT2D eigenvalue weighted by molar-refractivity contribution is 0.432. The summed E-state index contributed by atoms with van der Waals surface area (Å²) in [6.07, 6.45) is 0. The van der Waals surface area contributed by atoms with Gasteiger partial charge in [-0.15, -0.1) is 0 Å². The zero-order valence-electron chi connectivity index (χ0n) is 10.3. The van der Waals surface area contributed by atoms with Crippen LogP contribution in [-0.4, -0.2) is 10.1 Å². The Morgan fingerprint density at radius 1 is 1.00 bits per heavy atom. The number of aromatic nitrogens is 2. The van der Waals surface area contributed by atoms with E-state index in [1.165, 1.54) is 0 Å². The largest absolute Gasteiger partial charge is 0.334 e. The number of azide groups is 1. The summed E-state index contributed by atoms with van der Waals surface area (Å²) in [5.41, 5.74) is 10.5. The summed E-state index contributed by atoms with van der Waals surface area (Å²) in [4.78, 5) is 7.09. The number of nitrogens with zero attached hydrogens (tertiary/aromatic N) is 5. The van der Waals surface area contributed by atoms with Gasteiger partial charge in [0.2, 0.25) is 5.82 Å². The summed E-state index contributed by atoms with van der Waals surface area (Å²) >= 11 is 0. The molecule has 1 aromatic heterocycles. The molecule has 0 N–H and O–H groups in total. The highest BCUT2D eigenvalue weighted by Crippen LogP contribution is 2.25. The van der Waals surface area contributed by atoms with E-state index in [2.05, 4.69) is 20.2 Å². The zero-order chi connectivity index (χ0) is 13.8. The maximum Gasteiger partial charge on any atom is 0.258 e. The molecule has 0 radical (unpaired) electrons. The molecule has 0 atom stereocenters. The second kappa shape index (κ2) is 5.26. The molecular formula is C14H9N5O. The van der Waals surface area contributed by atoms with Crippen molar-refractivity contribution in [3.05, 3.63) is 65.0 Å². The van der Waals surface area contributed by atoms with Crippen LogP contribution in [0.25, 0.3) is 33.3 Å². The quantitative estimate of drug-likeness (QED) is 0.400. The molecule has 1 heterocycles. The first kappa shape index (κ1) is 12.0. The van der Waals surface area contributed by atoms with Crippen molar-refractivity contribution in [3.8, 4) is 22.8 Å². The van der Waals surface area contributed by atoms with Crippen molar-refractivity contribution in [3.63, 3.8) is 0 Å². The molecule has 0 aliphatic heterocycles. The molecule has 0 bridgehead atoms. The molecule has 0 unspecified atom stereocenters. The predicted octanol–water partition coefficient (Wildman–Crippen LogP) is 4.35. The van der Waals surface area contributed by atoms with Crippen LogP contribution in [0.1, 0.15) is 0 Å². The maximum absolute atomic E-state index is 8.44. The zero-order valence-corrected chi connectivity index (χ0v) is 10.3. The van der Waals surface area contributed by atoms with Crippen LogP contribution in [0.3, 0.4) is 0 Å². The lowest BCUT2D eigenvalue weighted by Crippen LogP contribution is -1.80. The molecule has 0 fully saturated rings. The fraction of sp³-hybridized carbons (Fsp3) is 0. The predicted molar refractivity (Wildman–Crippen MR) is 74.0 cm³/mol. The fourth-order valence-corrected chi connectivity index (χ4v) is 1.80. The second-order valence-corrected chi connectivity index (χ2v) is 4.03. The van der Waals surface area contributed by atoms with Crippen LogP contribution in [0.2, 0.25) is 0 Å². The second-order valence-electron chi connectivity index (χ2n) is 4.03. The maximum atomic E-state index is 8.44. The molecule has 0 aliphatic carbocycles. The molecule has 2 aromatic carbocycles. The standard InChI is InChI=1S/C14H9N5O/c15-19-17-12-8-4-7-11(9-12)14-16-13(18-20-14)10-5-2-1-3-6-10/h1-9H. The van der Waals surface area contributed by atoms with Gasteiger partial charge in [0, 0.05) is 21.7 Å². The van der Waals surface area contributed by atoms with Crippen LogP contribution in [0, 0.1) is 0 Å². The van der Waals surface area contributed by atoms with Crippen molar-refractivity contribution in [1.82, 2.24) is 10.1 Å². The number of hydrogen-bond donors (Lipinski definition) is 0. The Morgan fingerprint density at radius 3 is 2.60 bits per heavy atom. The van der Waals surface area contributed by atoms with Gasteiger partial charge in [-0.25, -0.2) is 0 Å². The van der Waals surface area contributed by atoms with Crippen LogP contribution >= 0.6 is 0 Å². The van der Waals surface area contributed by atoms with Crippen molar-refractivity contribution in [2.75, 3.05) is 0 Å². The molecule has 20 heavy (non-hydrogen) atoms. The molecule has 6 heteroatoms. The first-order valence-corrected chi connectivity index (χ1v) is 5.91. The van der Waals surface area contributed by atoms with E-state index in [0.29, 0.717) is 23.0 Å². The molecule has 3 aromatic rings. The van der Waals surface area contributed by atoms with Gasteiger partial charge >= 0.3 is 0 Å². The Bertz CT molecular complexity index is 775. The summed E-state index contributed by atoms with van der Waals surface area (Å²) < 4.78 is 5.24. The molecule has 0 amide bonds. The van der Waals surface area contributed by atoms with Gasteiger partial charge in [0.05, 0.1) is 0 Å². The molecule has 6 nitrogen and oxygen atoms in total. The van der Waals surface area contributed by atoms with Gasteiger partial charge in [-0.2, -0.15) is 4.98 Å². The highest BCUT2D eigenvalue weighted by atomic mass is 16.5. The van der Waals surface area contributed by atoms with E-state index in [4.69, 9.17) is 10.1 Å². The number of rotatable bonds is 3. The van der Waals surface area contributed by atoms with E-state index in [9.17, 15) is 0 Å². The Kier molecular flexibility index (Phi) is 3.14.